The SMILES string of the molecule is CCCCCCCCCCCCCCC(O)C(CO)NC(=O)CCCCCCCCCCCCCCCCCCCCCCCCCCCCCCCCCCCCCOC(=O)CCCCCCCCCCCCC. The number of esters is 1. The van der Waals surface area contributed by atoms with Gasteiger partial charge in [0.25, 0.3) is 0 Å². The van der Waals surface area contributed by atoms with Gasteiger partial charge in [0.05, 0.1) is 25.4 Å². The van der Waals surface area contributed by atoms with Crippen molar-refractivity contribution in [2.24, 2.45) is 0 Å². The maximum Gasteiger partial charge on any atom is 0.305 e. The molecule has 0 heterocycles. The number of rotatable bonds is 66. The third-order valence-electron chi connectivity index (χ3n) is 16.7. The van der Waals surface area contributed by atoms with Crippen molar-refractivity contribution in [1.82, 2.24) is 5.32 Å². The van der Waals surface area contributed by atoms with Gasteiger partial charge in [0.15, 0.2) is 0 Å². The van der Waals surface area contributed by atoms with Crippen LogP contribution >= 0.6 is 0 Å². The molecule has 0 rings (SSSR count). The van der Waals surface area contributed by atoms with Crippen LogP contribution in [0.15, 0.2) is 0 Å². The lowest BCUT2D eigenvalue weighted by atomic mass is 10.0. The van der Waals surface area contributed by atoms with E-state index in [1.54, 1.807) is 0 Å². The highest BCUT2D eigenvalue weighted by Crippen LogP contribution is 2.19. The zero-order valence-electron chi connectivity index (χ0n) is 51.3. The minimum absolute atomic E-state index is 0.0231. The Bertz CT molecular complexity index is 1080. The Morgan fingerprint density at radius 1 is 0.320 bits per heavy atom. The molecule has 0 saturated heterocycles. The van der Waals surface area contributed by atoms with E-state index in [4.69, 9.17) is 4.74 Å². The van der Waals surface area contributed by atoms with Gasteiger partial charge in [-0.15, -0.1) is 0 Å². The Kier molecular flexibility index (Phi) is 64.4. The molecule has 0 aliphatic rings. The van der Waals surface area contributed by atoms with Gasteiger partial charge in [-0.2, -0.15) is 0 Å². The van der Waals surface area contributed by atoms with Crippen molar-refractivity contribution >= 4 is 11.9 Å². The van der Waals surface area contributed by atoms with E-state index in [-0.39, 0.29) is 18.5 Å². The fraction of sp³-hybridized carbons (Fsp3) is 0.971. The molecule has 0 bridgehead atoms. The number of carbonyl (C=O) groups is 2. The number of aliphatic hydroxyl groups excluding tert-OH is 2. The van der Waals surface area contributed by atoms with Crippen LogP contribution in [0.25, 0.3) is 0 Å². The highest BCUT2D eigenvalue weighted by Gasteiger charge is 2.20. The van der Waals surface area contributed by atoms with Crippen molar-refractivity contribution in [3.05, 3.63) is 0 Å². The minimum Gasteiger partial charge on any atom is -0.466 e. The van der Waals surface area contributed by atoms with Crippen LogP contribution in [-0.2, 0) is 14.3 Å². The van der Waals surface area contributed by atoms with Gasteiger partial charge in [-0.25, -0.2) is 0 Å². The smallest absolute Gasteiger partial charge is 0.305 e. The first-order chi connectivity index (χ1) is 37.0. The first kappa shape index (κ1) is 73.9. The summed E-state index contributed by atoms with van der Waals surface area (Å²) < 4.78 is 5.48. The molecule has 0 aromatic carbocycles. The topological polar surface area (TPSA) is 95.9 Å². The number of aliphatic hydroxyl groups is 2. The second-order valence-electron chi connectivity index (χ2n) is 24.2. The van der Waals surface area contributed by atoms with Gasteiger partial charge in [-0.05, 0) is 25.7 Å². The van der Waals surface area contributed by atoms with Crippen molar-refractivity contribution in [3.8, 4) is 0 Å². The maximum atomic E-state index is 12.5. The first-order valence-electron chi connectivity index (χ1n) is 34.8. The molecule has 75 heavy (non-hydrogen) atoms. The molecule has 3 N–H and O–H groups in total. The van der Waals surface area contributed by atoms with Gasteiger partial charge in [-0.3, -0.25) is 9.59 Å². The van der Waals surface area contributed by atoms with Crippen LogP contribution in [0.5, 0.6) is 0 Å². The van der Waals surface area contributed by atoms with Crippen LogP contribution in [0, 0.1) is 0 Å². The number of ether oxygens (including phenoxy) is 1. The Morgan fingerprint density at radius 2 is 0.547 bits per heavy atom. The van der Waals surface area contributed by atoms with E-state index >= 15 is 0 Å². The Labute approximate surface area is 470 Å². The van der Waals surface area contributed by atoms with E-state index in [1.165, 1.54) is 334 Å². The number of unbranched alkanes of at least 4 members (excludes halogenated alkanes) is 55. The maximum absolute atomic E-state index is 12.5. The number of hydrogen-bond donors (Lipinski definition) is 3. The molecule has 0 aliphatic carbocycles. The molecule has 6 heteroatoms. The molecular formula is C69H137NO5. The fourth-order valence-corrected chi connectivity index (χ4v) is 11.4. The lowest BCUT2D eigenvalue weighted by Gasteiger charge is -2.22. The second kappa shape index (κ2) is 65.4. The zero-order valence-corrected chi connectivity index (χ0v) is 51.3. The van der Waals surface area contributed by atoms with Gasteiger partial charge in [0.2, 0.25) is 5.91 Å². The summed E-state index contributed by atoms with van der Waals surface area (Å²) in [5.74, 6) is -0.00429. The summed E-state index contributed by atoms with van der Waals surface area (Å²) in [6.07, 6.45) is 78.8. The predicted octanol–water partition coefficient (Wildman–Crippen LogP) is 22.2. The highest BCUT2D eigenvalue weighted by atomic mass is 16.5. The van der Waals surface area contributed by atoms with Crippen LogP contribution in [0.3, 0.4) is 0 Å². The molecule has 0 aromatic heterocycles. The van der Waals surface area contributed by atoms with Crippen LogP contribution in [-0.4, -0.2) is 47.4 Å². The van der Waals surface area contributed by atoms with E-state index in [9.17, 15) is 19.8 Å². The van der Waals surface area contributed by atoms with Crippen LogP contribution in [0.1, 0.15) is 406 Å². The predicted molar refractivity (Wildman–Crippen MR) is 329 cm³/mol. The Balaban J connectivity index is 3.28. The largest absolute Gasteiger partial charge is 0.466 e. The summed E-state index contributed by atoms with van der Waals surface area (Å²) >= 11 is 0. The van der Waals surface area contributed by atoms with Gasteiger partial charge in [-0.1, -0.05) is 367 Å². The van der Waals surface area contributed by atoms with Crippen LogP contribution < -0.4 is 5.32 Å². The fourth-order valence-electron chi connectivity index (χ4n) is 11.4. The molecule has 2 atom stereocenters. The highest BCUT2D eigenvalue weighted by molar-refractivity contribution is 5.76. The summed E-state index contributed by atoms with van der Waals surface area (Å²) in [5, 5.41) is 23.3. The molecule has 0 aromatic rings. The number of hydrogen-bond acceptors (Lipinski definition) is 5. The monoisotopic (exact) mass is 1060 g/mol. The molecule has 0 radical (unpaired) electrons. The van der Waals surface area contributed by atoms with E-state index in [1.807, 2.05) is 0 Å². The normalized spacial score (nSPS) is 12.4. The molecule has 0 fully saturated rings. The first-order valence-corrected chi connectivity index (χ1v) is 34.8. The quantitative estimate of drug-likeness (QED) is 0.0417. The zero-order chi connectivity index (χ0) is 54.3. The summed E-state index contributed by atoms with van der Waals surface area (Å²) in [6.45, 7) is 4.98. The molecular weight excluding hydrogens is 923 g/mol. The molecule has 0 spiro atoms. The van der Waals surface area contributed by atoms with Crippen LogP contribution in [0.4, 0.5) is 0 Å². The lowest BCUT2D eigenvalue weighted by molar-refractivity contribution is -0.143. The van der Waals surface area contributed by atoms with Crippen LogP contribution in [0.2, 0.25) is 0 Å². The average Bonchev–Trinajstić information content (AvgIpc) is 3.41. The van der Waals surface area contributed by atoms with E-state index < -0.39 is 12.1 Å². The van der Waals surface area contributed by atoms with Crippen molar-refractivity contribution in [1.29, 1.82) is 0 Å². The van der Waals surface area contributed by atoms with E-state index in [2.05, 4.69) is 19.2 Å². The van der Waals surface area contributed by atoms with Crippen molar-refractivity contribution in [2.45, 2.75) is 418 Å². The number of nitrogens with one attached hydrogen (secondary N) is 1. The summed E-state index contributed by atoms with van der Waals surface area (Å²) in [4.78, 5) is 24.5. The van der Waals surface area contributed by atoms with Crippen molar-refractivity contribution in [2.75, 3.05) is 13.2 Å². The van der Waals surface area contributed by atoms with Crippen molar-refractivity contribution in [3.63, 3.8) is 0 Å². The van der Waals surface area contributed by atoms with Gasteiger partial charge >= 0.3 is 5.97 Å². The minimum atomic E-state index is -0.658. The average molecular weight is 1060 g/mol. The van der Waals surface area contributed by atoms with Gasteiger partial charge in [0.1, 0.15) is 0 Å². The Hall–Kier alpha value is -1.14. The van der Waals surface area contributed by atoms with Gasteiger partial charge in [0, 0.05) is 12.8 Å². The second-order valence-corrected chi connectivity index (χ2v) is 24.2. The number of amides is 1. The molecule has 448 valence electrons. The summed E-state index contributed by atoms with van der Waals surface area (Å²) in [7, 11) is 0. The van der Waals surface area contributed by atoms with E-state index in [0.29, 0.717) is 25.9 Å². The van der Waals surface area contributed by atoms with Crippen molar-refractivity contribution < 1.29 is 24.5 Å². The number of carbonyl (C=O) groups excluding carboxylic acids is 2. The van der Waals surface area contributed by atoms with Gasteiger partial charge < -0.3 is 20.3 Å². The Morgan fingerprint density at radius 3 is 0.813 bits per heavy atom. The molecule has 0 aliphatic heterocycles. The summed E-state index contributed by atoms with van der Waals surface area (Å²) in [6, 6.07) is -0.535. The van der Waals surface area contributed by atoms with E-state index in [0.717, 1.165) is 38.5 Å². The lowest BCUT2D eigenvalue weighted by Crippen LogP contribution is -2.45. The third-order valence-corrected chi connectivity index (χ3v) is 16.7. The standard InChI is InChI=1S/C69H137NO5/c1-3-5-7-9-11-13-15-42-45-49-53-57-61-67(72)66(65-71)70-68(73)62-58-54-50-46-43-39-37-35-33-31-29-27-25-23-21-19-17-16-18-20-22-24-26-28-30-32-34-36-38-40-44-48-52-56-60-64-75-69(74)63-59-55-51-47-41-14-12-10-8-6-4-2/h66-67,71-72H,3-65H2,1-2H3,(H,70,73). The summed E-state index contributed by atoms with van der Waals surface area (Å²) in [5.41, 5.74) is 0. The molecule has 0 saturated carbocycles. The molecule has 1 amide bonds. The molecule has 6 nitrogen and oxygen atoms in total. The molecule has 2 unspecified atom stereocenters. The third kappa shape index (κ3) is 61.9.